The highest BCUT2D eigenvalue weighted by atomic mass is 16.5. The molecule has 0 aliphatic rings. The molecule has 0 bridgehead atoms. The largest absolute Gasteiger partial charge is 0.385 e. The van der Waals surface area contributed by atoms with Crippen LogP contribution >= 0.6 is 0 Å². The summed E-state index contributed by atoms with van der Waals surface area (Å²) in [4.78, 5) is 24.4. The average Bonchev–Trinajstić information content (AvgIpc) is 3.09. The van der Waals surface area contributed by atoms with Gasteiger partial charge in [0.05, 0.1) is 17.2 Å². The van der Waals surface area contributed by atoms with Crippen LogP contribution in [0.1, 0.15) is 22.3 Å². The van der Waals surface area contributed by atoms with Gasteiger partial charge in [0.2, 0.25) is 0 Å². The van der Waals surface area contributed by atoms with Gasteiger partial charge in [-0.15, -0.1) is 0 Å². The van der Waals surface area contributed by atoms with Crippen molar-refractivity contribution >= 4 is 45.8 Å². The van der Waals surface area contributed by atoms with E-state index in [1.165, 1.54) is 4.68 Å². The number of nitrogens with zero attached hydrogens (tertiary/aromatic N) is 5. The number of ether oxygens (including phenoxy) is 1. The van der Waals surface area contributed by atoms with Gasteiger partial charge in [-0.05, 0) is 36.2 Å². The van der Waals surface area contributed by atoms with E-state index in [2.05, 4.69) is 15.4 Å². The fourth-order valence-electron chi connectivity index (χ4n) is 3.48. The molecule has 33 heavy (non-hydrogen) atoms. The zero-order valence-corrected chi connectivity index (χ0v) is 18.9. The van der Waals surface area contributed by atoms with Gasteiger partial charge < -0.3 is 20.7 Å². The summed E-state index contributed by atoms with van der Waals surface area (Å²) in [6.07, 6.45) is 2.38. The SMILES string of the molecule is COCCCNC(=O)c1c(N)n(N=Cc2ccc(N(C)C)cc2)c2nc3ccccc3nc12. The van der Waals surface area contributed by atoms with Gasteiger partial charge in [-0.1, -0.05) is 24.3 Å². The van der Waals surface area contributed by atoms with Crippen LogP contribution in [0, 0.1) is 0 Å². The first kappa shape index (κ1) is 22.2. The van der Waals surface area contributed by atoms with Crippen molar-refractivity contribution in [2.24, 2.45) is 5.10 Å². The Morgan fingerprint density at radius 3 is 2.52 bits per heavy atom. The van der Waals surface area contributed by atoms with E-state index >= 15 is 0 Å². The summed E-state index contributed by atoms with van der Waals surface area (Å²) in [6.45, 7) is 1.01. The van der Waals surface area contributed by atoms with Crippen molar-refractivity contribution in [2.75, 3.05) is 45.0 Å². The van der Waals surface area contributed by atoms with E-state index in [9.17, 15) is 4.79 Å². The van der Waals surface area contributed by atoms with Crippen molar-refractivity contribution in [1.29, 1.82) is 0 Å². The molecule has 1 amide bonds. The molecule has 0 aliphatic heterocycles. The van der Waals surface area contributed by atoms with Crippen LogP contribution in [0.3, 0.4) is 0 Å². The number of nitrogens with one attached hydrogen (secondary N) is 1. The number of aromatic nitrogens is 3. The molecule has 2 aromatic heterocycles. The molecule has 0 aliphatic carbocycles. The highest BCUT2D eigenvalue weighted by molar-refractivity contribution is 6.10. The maximum Gasteiger partial charge on any atom is 0.257 e. The first-order chi connectivity index (χ1) is 16.0. The van der Waals surface area contributed by atoms with Crippen LogP contribution < -0.4 is 16.0 Å². The number of hydrogen-bond donors (Lipinski definition) is 2. The third kappa shape index (κ3) is 4.63. The number of nitrogens with two attached hydrogens (primary N) is 1. The molecule has 0 fully saturated rings. The Morgan fingerprint density at radius 2 is 1.85 bits per heavy atom. The summed E-state index contributed by atoms with van der Waals surface area (Å²) in [6, 6.07) is 15.4. The topological polar surface area (TPSA) is 111 Å². The molecule has 170 valence electrons. The molecule has 0 unspecified atom stereocenters. The Bertz CT molecular complexity index is 1310. The molecule has 0 spiro atoms. The summed E-state index contributed by atoms with van der Waals surface area (Å²) >= 11 is 0. The number of carbonyl (C=O) groups is 1. The lowest BCUT2D eigenvalue weighted by molar-refractivity contribution is 0.0951. The second-order valence-corrected chi connectivity index (χ2v) is 7.79. The molecule has 0 atom stereocenters. The van der Waals surface area contributed by atoms with Crippen molar-refractivity contribution in [3.63, 3.8) is 0 Å². The lowest BCUT2D eigenvalue weighted by Crippen LogP contribution is -2.26. The Labute approximate surface area is 191 Å². The minimum atomic E-state index is -0.317. The lowest BCUT2D eigenvalue weighted by Gasteiger charge is -2.11. The van der Waals surface area contributed by atoms with Crippen LogP contribution in [0.2, 0.25) is 0 Å². The highest BCUT2D eigenvalue weighted by Gasteiger charge is 2.23. The molecule has 0 saturated heterocycles. The average molecular weight is 446 g/mol. The maximum absolute atomic E-state index is 13.0. The van der Waals surface area contributed by atoms with Gasteiger partial charge in [-0.3, -0.25) is 4.79 Å². The molecule has 4 rings (SSSR count). The molecular formula is C24H27N7O2. The van der Waals surface area contributed by atoms with E-state index in [0.29, 0.717) is 41.8 Å². The number of amides is 1. The van der Waals surface area contributed by atoms with Crippen LogP contribution in [0.25, 0.3) is 22.2 Å². The standard InChI is InChI=1S/C24H27N7O2/c1-30(2)17-11-9-16(10-12-17)15-27-31-22(25)20(24(32)26-13-6-14-33-3)21-23(31)29-19-8-5-4-7-18(19)28-21/h4-5,7-12,15H,6,13-14,25H2,1-3H3,(H,26,32). The van der Waals surface area contributed by atoms with E-state index in [4.69, 9.17) is 15.5 Å². The Hall–Kier alpha value is -3.98. The van der Waals surface area contributed by atoms with Gasteiger partial charge in [0.25, 0.3) is 5.91 Å². The van der Waals surface area contributed by atoms with Crippen molar-refractivity contribution in [3.8, 4) is 0 Å². The second-order valence-electron chi connectivity index (χ2n) is 7.79. The Morgan fingerprint density at radius 1 is 1.15 bits per heavy atom. The number of carbonyl (C=O) groups excluding carboxylic acids is 1. The summed E-state index contributed by atoms with van der Waals surface area (Å²) < 4.78 is 6.52. The van der Waals surface area contributed by atoms with E-state index < -0.39 is 0 Å². The number of fused-ring (bicyclic) bond motifs is 2. The third-order valence-corrected chi connectivity index (χ3v) is 5.24. The number of hydrogen-bond acceptors (Lipinski definition) is 7. The van der Waals surface area contributed by atoms with Crippen molar-refractivity contribution in [1.82, 2.24) is 20.0 Å². The highest BCUT2D eigenvalue weighted by Crippen LogP contribution is 2.27. The first-order valence-electron chi connectivity index (χ1n) is 10.6. The van der Waals surface area contributed by atoms with Crippen molar-refractivity contribution < 1.29 is 9.53 Å². The molecule has 9 nitrogen and oxygen atoms in total. The van der Waals surface area contributed by atoms with Crippen molar-refractivity contribution in [3.05, 3.63) is 59.7 Å². The molecule has 9 heteroatoms. The van der Waals surface area contributed by atoms with Gasteiger partial charge in [-0.2, -0.15) is 9.78 Å². The fourth-order valence-corrected chi connectivity index (χ4v) is 3.48. The normalized spacial score (nSPS) is 11.5. The quantitative estimate of drug-likeness (QED) is 0.319. The van der Waals surface area contributed by atoms with Gasteiger partial charge in [0.15, 0.2) is 5.65 Å². The lowest BCUT2D eigenvalue weighted by atomic mass is 10.2. The second kappa shape index (κ2) is 9.66. The van der Waals surface area contributed by atoms with Crippen LogP contribution in [0.4, 0.5) is 11.5 Å². The van der Waals surface area contributed by atoms with Crippen molar-refractivity contribution in [2.45, 2.75) is 6.42 Å². The summed E-state index contributed by atoms with van der Waals surface area (Å²) in [5, 5.41) is 7.43. The van der Waals surface area contributed by atoms with Gasteiger partial charge in [-0.25, -0.2) is 9.97 Å². The monoisotopic (exact) mass is 445 g/mol. The van der Waals surface area contributed by atoms with Gasteiger partial charge in [0.1, 0.15) is 16.9 Å². The van der Waals surface area contributed by atoms with Gasteiger partial charge in [0, 0.05) is 40.0 Å². The minimum absolute atomic E-state index is 0.186. The van der Waals surface area contributed by atoms with Crippen LogP contribution in [0.5, 0.6) is 0 Å². The number of para-hydroxylation sites is 2. The fraction of sp³-hybridized carbons (Fsp3) is 0.250. The van der Waals surface area contributed by atoms with E-state index in [1.807, 2.05) is 67.5 Å². The smallest absolute Gasteiger partial charge is 0.257 e. The maximum atomic E-state index is 13.0. The zero-order valence-electron chi connectivity index (χ0n) is 18.9. The third-order valence-electron chi connectivity index (χ3n) is 5.24. The van der Waals surface area contributed by atoms with E-state index in [1.54, 1.807) is 13.3 Å². The molecule has 4 aromatic rings. The molecule has 2 heterocycles. The van der Waals surface area contributed by atoms with Crippen LogP contribution in [-0.4, -0.2) is 61.1 Å². The Kier molecular flexibility index (Phi) is 6.50. The number of benzene rings is 2. The number of rotatable bonds is 8. The number of methoxy groups -OCH3 is 1. The van der Waals surface area contributed by atoms with E-state index in [-0.39, 0.29) is 17.3 Å². The number of nitrogen functional groups attached to an aromatic ring is 1. The summed E-state index contributed by atoms with van der Waals surface area (Å²) in [7, 11) is 5.60. The Balaban J connectivity index is 1.77. The summed E-state index contributed by atoms with van der Waals surface area (Å²) in [5.41, 5.74) is 10.9. The van der Waals surface area contributed by atoms with E-state index in [0.717, 1.165) is 11.3 Å². The predicted molar refractivity (Wildman–Crippen MR) is 132 cm³/mol. The predicted octanol–water partition coefficient (Wildman–Crippen LogP) is 2.88. The van der Waals surface area contributed by atoms with Crippen LogP contribution in [-0.2, 0) is 4.74 Å². The zero-order chi connectivity index (χ0) is 23.4. The molecule has 2 aromatic carbocycles. The molecule has 3 N–H and O–H groups in total. The first-order valence-corrected chi connectivity index (χ1v) is 10.6. The molecular weight excluding hydrogens is 418 g/mol. The molecule has 0 saturated carbocycles. The van der Waals surface area contributed by atoms with Gasteiger partial charge >= 0.3 is 0 Å². The minimum Gasteiger partial charge on any atom is -0.385 e. The molecule has 0 radical (unpaired) electrons. The number of anilines is 2. The van der Waals surface area contributed by atoms with Crippen LogP contribution in [0.15, 0.2) is 53.6 Å². The summed E-state index contributed by atoms with van der Waals surface area (Å²) in [5.74, 6) is -0.131.